The average molecular weight is 494 g/mol. The Balaban J connectivity index is 1.77. The van der Waals surface area contributed by atoms with Gasteiger partial charge in [0.15, 0.2) is 0 Å². The van der Waals surface area contributed by atoms with E-state index in [1.165, 1.54) is 24.3 Å². The fourth-order valence-electron chi connectivity index (χ4n) is 3.37. The van der Waals surface area contributed by atoms with Gasteiger partial charge in [-0.2, -0.15) is 13.2 Å². The molecule has 0 saturated carbocycles. The lowest BCUT2D eigenvalue weighted by Crippen LogP contribution is -2.40. The molecule has 2 aromatic heterocycles. The van der Waals surface area contributed by atoms with E-state index in [9.17, 15) is 27.6 Å². The molecule has 2 heterocycles. The van der Waals surface area contributed by atoms with Gasteiger partial charge in [0, 0.05) is 15.6 Å². The fraction of sp³-hybridized carbons (Fsp3) is 0.136. The van der Waals surface area contributed by atoms with Crippen LogP contribution in [0.5, 0.6) is 0 Å². The molecule has 0 aliphatic heterocycles. The summed E-state index contributed by atoms with van der Waals surface area (Å²) >= 11 is 7.18. The van der Waals surface area contributed by atoms with Crippen LogP contribution in [0.15, 0.2) is 64.2 Å². The van der Waals surface area contributed by atoms with Gasteiger partial charge in [-0.05, 0) is 49.4 Å². The van der Waals surface area contributed by atoms with Crippen LogP contribution in [0.4, 0.5) is 18.9 Å². The number of halogens is 4. The third-order valence-corrected chi connectivity index (χ3v) is 6.09. The predicted molar refractivity (Wildman–Crippen MR) is 122 cm³/mol. The SMILES string of the molecule is Cc1cc2c(=O)n(-c3cccc(Cl)c3)c(=O)n(CC(=O)Nc3cccc(C(F)(F)F)c3)c2s1. The van der Waals surface area contributed by atoms with Crippen molar-refractivity contribution in [2.24, 2.45) is 0 Å². The number of rotatable bonds is 4. The minimum atomic E-state index is -4.56. The maximum atomic E-state index is 13.3. The summed E-state index contributed by atoms with van der Waals surface area (Å²) in [5, 5.41) is 2.94. The van der Waals surface area contributed by atoms with E-state index in [1.807, 2.05) is 0 Å². The zero-order valence-corrected chi connectivity index (χ0v) is 18.5. The van der Waals surface area contributed by atoms with E-state index < -0.39 is 35.4 Å². The summed E-state index contributed by atoms with van der Waals surface area (Å²) in [4.78, 5) is 40.0. The molecule has 6 nitrogen and oxygen atoms in total. The molecular weight excluding hydrogens is 479 g/mol. The van der Waals surface area contributed by atoms with Crippen LogP contribution in [0.1, 0.15) is 10.4 Å². The smallest absolute Gasteiger partial charge is 0.325 e. The van der Waals surface area contributed by atoms with Crippen LogP contribution < -0.4 is 16.6 Å². The Hall–Kier alpha value is -3.37. The zero-order chi connectivity index (χ0) is 23.9. The molecule has 0 aliphatic rings. The second-order valence-corrected chi connectivity index (χ2v) is 8.86. The highest BCUT2D eigenvalue weighted by atomic mass is 35.5. The summed E-state index contributed by atoms with van der Waals surface area (Å²) < 4.78 is 40.9. The number of nitrogens with one attached hydrogen (secondary N) is 1. The number of alkyl halides is 3. The van der Waals surface area contributed by atoms with Crippen molar-refractivity contribution in [1.29, 1.82) is 0 Å². The average Bonchev–Trinajstić information content (AvgIpc) is 3.13. The minimum Gasteiger partial charge on any atom is -0.325 e. The molecule has 11 heteroatoms. The third kappa shape index (κ3) is 4.57. The molecule has 1 amide bonds. The molecule has 4 aromatic rings. The van der Waals surface area contributed by atoms with Gasteiger partial charge in [0.1, 0.15) is 11.4 Å². The van der Waals surface area contributed by atoms with Crippen LogP contribution in [0.2, 0.25) is 5.02 Å². The second-order valence-electron chi connectivity index (χ2n) is 7.19. The number of hydrogen-bond acceptors (Lipinski definition) is 4. The van der Waals surface area contributed by atoms with E-state index in [0.29, 0.717) is 9.85 Å². The minimum absolute atomic E-state index is 0.0651. The van der Waals surface area contributed by atoms with E-state index in [2.05, 4.69) is 5.32 Å². The van der Waals surface area contributed by atoms with Gasteiger partial charge >= 0.3 is 11.9 Å². The molecule has 170 valence electrons. The molecule has 0 bridgehead atoms. The maximum absolute atomic E-state index is 13.3. The van der Waals surface area contributed by atoms with Gasteiger partial charge in [0.2, 0.25) is 5.91 Å². The zero-order valence-electron chi connectivity index (χ0n) is 16.9. The van der Waals surface area contributed by atoms with E-state index in [1.54, 1.807) is 25.1 Å². The monoisotopic (exact) mass is 493 g/mol. The first-order valence-electron chi connectivity index (χ1n) is 9.53. The molecular formula is C22H15ClF3N3O3S. The van der Waals surface area contributed by atoms with Crippen LogP contribution in [-0.2, 0) is 17.5 Å². The van der Waals surface area contributed by atoms with Crippen molar-refractivity contribution in [3.63, 3.8) is 0 Å². The summed E-state index contributed by atoms with van der Waals surface area (Å²) in [5.74, 6) is -0.722. The normalized spacial score (nSPS) is 11.7. The first-order valence-corrected chi connectivity index (χ1v) is 10.7. The molecule has 0 aliphatic carbocycles. The molecule has 2 aromatic carbocycles. The predicted octanol–water partition coefficient (Wildman–Crippen LogP) is 4.83. The van der Waals surface area contributed by atoms with Crippen LogP contribution in [0.25, 0.3) is 15.9 Å². The molecule has 0 radical (unpaired) electrons. The number of benzene rings is 2. The van der Waals surface area contributed by atoms with Crippen LogP contribution in [-0.4, -0.2) is 15.0 Å². The van der Waals surface area contributed by atoms with E-state index in [-0.39, 0.29) is 16.8 Å². The number of nitrogens with zero attached hydrogens (tertiary/aromatic N) is 2. The molecule has 0 saturated heterocycles. The molecule has 0 fully saturated rings. The number of carbonyl (C=O) groups excluding carboxylic acids is 1. The Labute approximate surface area is 193 Å². The van der Waals surface area contributed by atoms with Crippen molar-refractivity contribution >= 4 is 44.7 Å². The molecule has 1 N–H and O–H groups in total. The Bertz CT molecular complexity index is 1500. The summed E-state index contributed by atoms with van der Waals surface area (Å²) in [7, 11) is 0. The van der Waals surface area contributed by atoms with E-state index in [4.69, 9.17) is 11.6 Å². The molecule has 4 rings (SSSR count). The van der Waals surface area contributed by atoms with Gasteiger partial charge in [0.25, 0.3) is 5.56 Å². The number of thiophene rings is 1. The Morgan fingerprint density at radius 3 is 2.52 bits per heavy atom. The number of amides is 1. The van der Waals surface area contributed by atoms with Crippen molar-refractivity contribution < 1.29 is 18.0 Å². The standard InChI is InChI=1S/C22H15ClF3N3O3S/c1-12-8-17-19(31)29(16-7-3-5-14(23)10-16)21(32)28(20(17)33-12)11-18(30)27-15-6-2-4-13(9-15)22(24,25)26/h2-10H,11H2,1H3,(H,27,30). The number of hydrogen-bond donors (Lipinski definition) is 1. The summed E-state index contributed by atoms with van der Waals surface area (Å²) in [6.07, 6.45) is -4.56. The van der Waals surface area contributed by atoms with Crippen molar-refractivity contribution in [2.45, 2.75) is 19.6 Å². The van der Waals surface area contributed by atoms with Crippen LogP contribution in [0, 0.1) is 6.92 Å². The number of anilines is 1. The fourth-order valence-corrected chi connectivity index (χ4v) is 4.55. The van der Waals surface area contributed by atoms with Crippen LogP contribution in [0.3, 0.4) is 0 Å². The lowest BCUT2D eigenvalue weighted by Gasteiger charge is -2.13. The van der Waals surface area contributed by atoms with Gasteiger partial charge in [0.05, 0.1) is 16.6 Å². The third-order valence-electron chi connectivity index (χ3n) is 4.78. The lowest BCUT2D eigenvalue weighted by atomic mass is 10.2. The lowest BCUT2D eigenvalue weighted by molar-refractivity contribution is -0.137. The molecule has 33 heavy (non-hydrogen) atoms. The van der Waals surface area contributed by atoms with Gasteiger partial charge < -0.3 is 5.32 Å². The van der Waals surface area contributed by atoms with Crippen molar-refractivity contribution in [3.8, 4) is 5.69 Å². The Morgan fingerprint density at radius 2 is 1.82 bits per heavy atom. The largest absolute Gasteiger partial charge is 0.416 e. The van der Waals surface area contributed by atoms with Crippen molar-refractivity contribution in [3.05, 3.63) is 90.9 Å². The van der Waals surface area contributed by atoms with Gasteiger partial charge in [-0.15, -0.1) is 11.3 Å². The molecule has 0 atom stereocenters. The highest BCUT2D eigenvalue weighted by Gasteiger charge is 2.30. The van der Waals surface area contributed by atoms with Crippen molar-refractivity contribution in [2.75, 3.05) is 5.32 Å². The highest BCUT2D eigenvalue weighted by molar-refractivity contribution is 7.18. The first kappa shape index (κ1) is 22.8. The van der Waals surface area contributed by atoms with Gasteiger partial charge in [-0.3, -0.25) is 14.2 Å². The maximum Gasteiger partial charge on any atom is 0.416 e. The molecule has 0 unspecified atom stereocenters. The summed E-state index contributed by atoms with van der Waals surface area (Å²) in [5.41, 5.74) is -2.07. The topological polar surface area (TPSA) is 73.1 Å². The Morgan fingerprint density at radius 1 is 1.09 bits per heavy atom. The van der Waals surface area contributed by atoms with Crippen molar-refractivity contribution in [1.82, 2.24) is 9.13 Å². The summed E-state index contributed by atoms with van der Waals surface area (Å²) in [6.45, 7) is 1.25. The van der Waals surface area contributed by atoms with E-state index >= 15 is 0 Å². The first-order chi connectivity index (χ1) is 15.5. The number of carbonyl (C=O) groups is 1. The summed E-state index contributed by atoms with van der Waals surface area (Å²) in [6, 6.07) is 11.9. The van der Waals surface area contributed by atoms with Gasteiger partial charge in [-0.25, -0.2) is 9.36 Å². The number of fused-ring (bicyclic) bond motifs is 1. The van der Waals surface area contributed by atoms with E-state index in [0.717, 1.165) is 37.5 Å². The Kier molecular flexibility index (Phi) is 5.89. The van der Waals surface area contributed by atoms with Gasteiger partial charge in [-0.1, -0.05) is 23.7 Å². The highest BCUT2D eigenvalue weighted by Crippen LogP contribution is 2.30. The number of aromatic nitrogens is 2. The quantitative estimate of drug-likeness (QED) is 0.442. The second kappa shape index (κ2) is 8.53. The number of aryl methyl sites for hydroxylation is 1. The molecule has 0 spiro atoms. The van der Waals surface area contributed by atoms with Crippen LogP contribution >= 0.6 is 22.9 Å².